The van der Waals surface area contributed by atoms with Gasteiger partial charge in [-0.05, 0) is 58.8 Å². The first kappa shape index (κ1) is 13.9. The molecule has 3 heteroatoms. The fraction of sp³-hybridized carbons (Fsp3) is 0.600. The van der Waals surface area contributed by atoms with Crippen LogP contribution in [-0.4, -0.2) is 13.1 Å². The second-order valence-electron chi connectivity index (χ2n) is 5.85. The maximum atomic E-state index is 5.92. The Morgan fingerprint density at radius 1 is 1.28 bits per heavy atom. The van der Waals surface area contributed by atoms with Gasteiger partial charge in [0.25, 0.3) is 0 Å². The summed E-state index contributed by atoms with van der Waals surface area (Å²) in [6.07, 6.45) is 1.34. The highest BCUT2D eigenvalue weighted by Crippen LogP contribution is 2.33. The lowest BCUT2D eigenvalue weighted by molar-refractivity contribution is 0.356. The fourth-order valence-electron chi connectivity index (χ4n) is 2.92. The first-order valence-electron chi connectivity index (χ1n) is 6.77. The van der Waals surface area contributed by atoms with Crippen molar-refractivity contribution in [3.8, 4) is 0 Å². The smallest absolute Gasteiger partial charge is 0.0511 e. The lowest BCUT2D eigenvalue weighted by Crippen LogP contribution is -2.38. The fourth-order valence-corrected chi connectivity index (χ4v) is 3.57. The number of rotatable bonds is 2. The van der Waals surface area contributed by atoms with Crippen molar-refractivity contribution in [1.29, 1.82) is 0 Å². The minimum atomic E-state index is 0.0922. The number of benzene rings is 1. The second-order valence-corrected chi connectivity index (χ2v) is 6.70. The molecule has 0 spiro atoms. The molecule has 2 N–H and O–H groups in total. The zero-order valence-corrected chi connectivity index (χ0v) is 13.1. The number of nitrogens with two attached hydrogens (primary N) is 1. The molecule has 2 nitrogen and oxygen atoms in total. The Morgan fingerprint density at radius 2 is 1.89 bits per heavy atom. The van der Waals surface area contributed by atoms with Crippen LogP contribution < -0.4 is 10.6 Å². The lowest BCUT2D eigenvalue weighted by atomic mass is 9.91. The van der Waals surface area contributed by atoms with Gasteiger partial charge < -0.3 is 10.6 Å². The molecule has 0 aliphatic carbocycles. The molecule has 1 aliphatic rings. The Labute approximate surface area is 119 Å². The van der Waals surface area contributed by atoms with E-state index in [1.807, 2.05) is 6.92 Å². The molecule has 100 valence electrons. The Hall–Kier alpha value is -0.540. The number of hydrogen-bond acceptors (Lipinski definition) is 2. The molecule has 2 rings (SSSR count). The predicted molar refractivity (Wildman–Crippen MR) is 81.9 cm³/mol. The van der Waals surface area contributed by atoms with Crippen molar-refractivity contribution in [3.63, 3.8) is 0 Å². The molecule has 0 aromatic heterocycles. The highest BCUT2D eigenvalue weighted by molar-refractivity contribution is 9.10. The number of piperidine rings is 1. The Bertz CT molecular complexity index is 407. The van der Waals surface area contributed by atoms with Crippen molar-refractivity contribution in [2.75, 3.05) is 18.0 Å². The number of halogens is 1. The van der Waals surface area contributed by atoms with E-state index in [4.69, 9.17) is 5.73 Å². The molecule has 0 amide bonds. The van der Waals surface area contributed by atoms with Gasteiger partial charge in [-0.3, -0.25) is 0 Å². The summed E-state index contributed by atoms with van der Waals surface area (Å²) in [4.78, 5) is 2.49. The third-order valence-corrected chi connectivity index (χ3v) is 4.34. The van der Waals surface area contributed by atoms with Gasteiger partial charge in [0.15, 0.2) is 0 Å². The summed E-state index contributed by atoms with van der Waals surface area (Å²) < 4.78 is 1.17. The van der Waals surface area contributed by atoms with Crippen LogP contribution in [0.3, 0.4) is 0 Å². The zero-order valence-electron chi connectivity index (χ0n) is 11.5. The molecule has 0 radical (unpaired) electrons. The van der Waals surface area contributed by atoms with Gasteiger partial charge in [-0.25, -0.2) is 0 Å². The van der Waals surface area contributed by atoms with Crippen LogP contribution >= 0.6 is 15.9 Å². The van der Waals surface area contributed by atoms with Crippen LogP contribution in [0, 0.1) is 11.8 Å². The summed E-state index contributed by atoms with van der Waals surface area (Å²) in [7, 11) is 0. The second kappa shape index (κ2) is 5.62. The topological polar surface area (TPSA) is 29.3 Å². The first-order valence-corrected chi connectivity index (χ1v) is 7.56. The van der Waals surface area contributed by atoms with Crippen LogP contribution in [0.4, 0.5) is 5.69 Å². The van der Waals surface area contributed by atoms with Crippen LogP contribution in [0.25, 0.3) is 0 Å². The molecule has 1 fully saturated rings. The van der Waals surface area contributed by atoms with Gasteiger partial charge in [0.1, 0.15) is 0 Å². The summed E-state index contributed by atoms with van der Waals surface area (Å²) in [6, 6.07) is 6.60. The largest absolute Gasteiger partial charge is 0.370 e. The third-order valence-electron chi connectivity index (χ3n) is 3.71. The van der Waals surface area contributed by atoms with Crippen molar-refractivity contribution < 1.29 is 0 Å². The molecular formula is C15H23BrN2. The van der Waals surface area contributed by atoms with E-state index >= 15 is 0 Å². The highest BCUT2D eigenvalue weighted by atomic mass is 79.9. The van der Waals surface area contributed by atoms with Crippen molar-refractivity contribution in [1.82, 2.24) is 0 Å². The maximum Gasteiger partial charge on any atom is 0.0511 e. The average Bonchev–Trinajstić information content (AvgIpc) is 2.27. The summed E-state index contributed by atoms with van der Waals surface area (Å²) in [5.41, 5.74) is 8.41. The normalized spacial score (nSPS) is 26.2. The van der Waals surface area contributed by atoms with Crippen LogP contribution in [-0.2, 0) is 0 Å². The van der Waals surface area contributed by atoms with E-state index in [9.17, 15) is 0 Å². The van der Waals surface area contributed by atoms with Crippen LogP contribution in [0.2, 0.25) is 0 Å². The number of hydrogen-bond donors (Lipinski definition) is 1. The van der Waals surface area contributed by atoms with Gasteiger partial charge in [0.2, 0.25) is 0 Å². The van der Waals surface area contributed by atoms with Gasteiger partial charge in [0, 0.05) is 23.6 Å². The summed E-state index contributed by atoms with van der Waals surface area (Å²) in [5.74, 6) is 1.54. The zero-order chi connectivity index (χ0) is 13.3. The molecule has 18 heavy (non-hydrogen) atoms. The van der Waals surface area contributed by atoms with Crippen LogP contribution in [0.1, 0.15) is 38.8 Å². The molecule has 1 saturated heterocycles. The summed E-state index contributed by atoms with van der Waals surface area (Å²) >= 11 is 3.69. The standard InChI is InChI=1S/C15H23BrN2/c1-10-6-11(2)9-18(8-10)15-5-4-13(12(3)17)7-14(15)16/h4-5,7,10-12H,6,8-9,17H2,1-3H3/t10?,11?,12-/m0/s1. The van der Waals surface area contributed by atoms with Crippen molar-refractivity contribution in [3.05, 3.63) is 28.2 Å². The summed E-state index contributed by atoms with van der Waals surface area (Å²) in [5, 5.41) is 0. The molecule has 1 aromatic carbocycles. The van der Waals surface area contributed by atoms with Crippen molar-refractivity contribution >= 4 is 21.6 Å². The van der Waals surface area contributed by atoms with Gasteiger partial charge in [0.05, 0.1) is 5.69 Å². The van der Waals surface area contributed by atoms with Gasteiger partial charge >= 0.3 is 0 Å². The van der Waals surface area contributed by atoms with E-state index < -0.39 is 0 Å². The molecule has 1 heterocycles. The van der Waals surface area contributed by atoms with E-state index in [0.717, 1.165) is 24.9 Å². The van der Waals surface area contributed by atoms with Crippen LogP contribution in [0.15, 0.2) is 22.7 Å². The highest BCUT2D eigenvalue weighted by Gasteiger charge is 2.23. The molecule has 1 aromatic rings. The van der Waals surface area contributed by atoms with Gasteiger partial charge in [-0.15, -0.1) is 0 Å². The predicted octanol–water partition coefficient (Wildman–Crippen LogP) is 3.95. The number of nitrogens with zero attached hydrogens (tertiary/aromatic N) is 1. The van der Waals surface area contributed by atoms with E-state index in [2.05, 4.69) is 52.9 Å². The molecular weight excluding hydrogens is 288 g/mol. The van der Waals surface area contributed by atoms with Crippen molar-refractivity contribution in [2.45, 2.75) is 33.2 Å². The number of anilines is 1. The monoisotopic (exact) mass is 310 g/mol. The van der Waals surface area contributed by atoms with Crippen molar-refractivity contribution in [2.24, 2.45) is 17.6 Å². The minimum absolute atomic E-state index is 0.0922. The van der Waals surface area contributed by atoms with Gasteiger partial charge in [-0.2, -0.15) is 0 Å². The molecule has 2 unspecified atom stereocenters. The average molecular weight is 311 g/mol. The van der Waals surface area contributed by atoms with E-state index in [-0.39, 0.29) is 6.04 Å². The molecule has 0 saturated carbocycles. The first-order chi connectivity index (χ1) is 8.47. The Kier molecular flexibility index (Phi) is 4.33. The van der Waals surface area contributed by atoms with E-state index in [1.54, 1.807) is 0 Å². The SMILES string of the molecule is CC1CC(C)CN(c2ccc([C@H](C)N)cc2Br)C1. The third kappa shape index (κ3) is 3.07. The molecule has 1 aliphatic heterocycles. The Morgan fingerprint density at radius 3 is 2.39 bits per heavy atom. The Balaban J connectivity index is 2.22. The minimum Gasteiger partial charge on any atom is -0.370 e. The van der Waals surface area contributed by atoms with E-state index in [0.29, 0.717) is 0 Å². The van der Waals surface area contributed by atoms with Crippen LogP contribution in [0.5, 0.6) is 0 Å². The summed E-state index contributed by atoms with van der Waals surface area (Å²) in [6.45, 7) is 9.01. The maximum absolute atomic E-state index is 5.92. The quantitative estimate of drug-likeness (QED) is 0.896. The van der Waals surface area contributed by atoms with E-state index in [1.165, 1.54) is 22.1 Å². The lowest BCUT2D eigenvalue weighted by Gasteiger charge is -2.37. The molecule has 0 bridgehead atoms. The van der Waals surface area contributed by atoms with Gasteiger partial charge in [-0.1, -0.05) is 19.9 Å². The molecule has 3 atom stereocenters.